The number of amides is 1. The lowest BCUT2D eigenvalue weighted by atomic mass is 10.1. The third kappa shape index (κ3) is 6.27. The molecule has 1 N–H and O–H groups in total. The smallest absolute Gasteiger partial charge is 0.416 e. The van der Waals surface area contributed by atoms with Crippen molar-refractivity contribution in [2.45, 2.75) is 32.5 Å². The maximum atomic E-state index is 12.6. The van der Waals surface area contributed by atoms with Crippen LogP contribution in [0.15, 0.2) is 18.2 Å². The van der Waals surface area contributed by atoms with Crippen molar-refractivity contribution < 1.29 is 22.7 Å². The minimum absolute atomic E-state index is 0.0440. The molecule has 120 valence electrons. The SMILES string of the molecule is CC(C)(C)OC(=O)NCC#Cc1cc(C(F)(F)F)ccc1Cl. The summed E-state index contributed by atoms with van der Waals surface area (Å²) < 4.78 is 42.7. The Bertz CT molecular complexity index is 610. The first kappa shape index (κ1) is 18.2. The van der Waals surface area contributed by atoms with Crippen LogP contribution in [0.3, 0.4) is 0 Å². The van der Waals surface area contributed by atoms with Gasteiger partial charge in [-0.2, -0.15) is 13.2 Å². The van der Waals surface area contributed by atoms with Crippen molar-refractivity contribution in [1.29, 1.82) is 0 Å². The number of benzene rings is 1. The van der Waals surface area contributed by atoms with Crippen molar-refractivity contribution in [2.75, 3.05) is 6.54 Å². The molecule has 0 atom stereocenters. The molecule has 3 nitrogen and oxygen atoms in total. The number of nitrogens with one attached hydrogen (secondary N) is 1. The summed E-state index contributed by atoms with van der Waals surface area (Å²) in [6, 6.07) is 2.88. The summed E-state index contributed by atoms with van der Waals surface area (Å²) in [6.07, 6.45) is -5.12. The summed E-state index contributed by atoms with van der Waals surface area (Å²) in [4.78, 5) is 11.3. The van der Waals surface area contributed by atoms with Crippen LogP contribution in [0.4, 0.5) is 18.0 Å². The lowest BCUT2D eigenvalue weighted by Gasteiger charge is -2.19. The van der Waals surface area contributed by atoms with Gasteiger partial charge in [-0.15, -0.1) is 0 Å². The molecule has 0 radical (unpaired) electrons. The van der Waals surface area contributed by atoms with E-state index in [1.165, 1.54) is 0 Å². The summed E-state index contributed by atoms with van der Waals surface area (Å²) in [5, 5.41) is 2.48. The van der Waals surface area contributed by atoms with E-state index in [1.807, 2.05) is 0 Å². The third-order valence-corrected chi connectivity index (χ3v) is 2.57. The number of halogens is 4. The Kier molecular flexibility index (Phi) is 5.72. The molecule has 0 heterocycles. The molecule has 0 bridgehead atoms. The lowest BCUT2D eigenvalue weighted by Crippen LogP contribution is -2.32. The van der Waals surface area contributed by atoms with Gasteiger partial charge in [-0.25, -0.2) is 4.79 Å². The summed E-state index contributed by atoms with van der Waals surface area (Å²) >= 11 is 5.79. The molecule has 0 fully saturated rings. The quantitative estimate of drug-likeness (QED) is 0.781. The molecule has 0 aliphatic carbocycles. The molecule has 0 aromatic heterocycles. The number of carbonyl (C=O) groups excluding carboxylic acids is 1. The minimum Gasteiger partial charge on any atom is -0.444 e. The van der Waals surface area contributed by atoms with E-state index in [0.29, 0.717) is 0 Å². The summed E-state index contributed by atoms with van der Waals surface area (Å²) in [6.45, 7) is 5.06. The molecule has 22 heavy (non-hydrogen) atoms. The Morgan fingerprint density at radius 1 is 1.32 bits per heavy atom. The van der Waals surface area contributed by atoms with Gasteiger partial charge in [0, 0.05) is 5.56 Å². The molecule has 1 aromatic rings. The van der Waals surface area contributed by atoms with Crippen molar-refractivity contribution in [2.24, 2.45) is 0 Å². The van der Waals surface area contributed by atoms with Gasteiger partial charge in [0.15, 0.2) is 0 Å². The molecule has 0 aliphatic heterocycles. The Morgan fingerprint density at radius 2 is 1.95 bits per heavy atom. The number of alkyl halides is 3. The molecule has 1 rings (SSSR count). The highest BCUT2D eigenvalue weighted by molar-refractivity contribution is 6.31. The lowest BCUT2D eigenvalue weighted by molar-refractivity contribution is -0.137. The third-order valence-electron chi connectivity index (χ3n) is 2.24. The van der Waals surface area contributed by atoms with Gasteiger partial charge in [-0.1, -0.05) is 23.4 Å². The standard InChI is InChI=1S/C15H15ClF3NO2/c1-14(2,3)22-13(21)20-8-4-5-10-9-11(15(17,18)19)6-7-12(10)16/h6-7,9H,8H2,1-3H3,(H,20,21). The number of rotatable bonds is 1. The highest BCUT2D eigenvalue weighted by Crippen LogP contribution is 2.31. The zero-order valence-corrected chi connectivity index (χ0v) is 13.0. The summed E-state index contributed by atoms with van der Waals surface area (Å²) in [5.41, 5.74) is -1.43. The van der Waals surface area contributed by atoms with Crippen LogP contribution in [-0.2, 0) is 10.9 Å². The van der Waals surface area contributed by atoms with Crippen molar-refractivity contribution in [3.63, 3.8) is 0 Å². The van der Waals surface area contributed by atoms with Crippen molar-refractivity contribution in [1.82, 2.24) is 5.32 Å². The molecule has 0 spiro atoms. The topological polar surface area (TPSA) is 38.3 Å². The minimum atomic E-state index is -4.46. The van der Waals surface area contributed by atoms with Gasteiger partial charge in [0.05, 0.1) is 17.1 Å². The second-order valence-electron chi connectivity index (χ2n) is 5.35. The number of ether oxygens (including phenoxy) is 1. The second kappa shape index (κ2) is 6.93. The fraction of sp³-hybridized carbons (Fsp3) is 0.400. The molecular formula is C15H15ClF3NO2. The molecule has 1 aromatic carbocycles. The van der Waals surface area contributed by atoms with E-state index in [-0.39, 0.29) is 17.1 Å². The van der Waals surface area contributed by atoms with Crippen LogP contribution in [0.1, 0.15) is 31.9 Å². The van der Waals surface area contributed by atoms with E-state index in [1.54, 1.807) is 20.8 Å². The van der Waals surface area contributed by atoms with Crippen molar-refractivity contribution in [3.05, 3.63) is 34.3 Å². The predicted molar refractivity (Wildman–Crippen MR) is 77.6 cm³/mol. The number of alkyl carbamates (subject to hydrolysis) is 1. The fourth-order valence-electron chi connectivity index (χ4n) is 1.37. The monoisotopic (exact) mass is 333 g/mol. The molecule has 0 saturated heterocycles. The van der Waals surface area contributed by atoms with Gasteiger partial charge in [0.2, 0.25) is 0 Å². The largest absolute Gasteiger partial charge is 0.444 e. The van der Waals surface area contributed by atoms with E-state index in [9.17, 15) is 18.0 Å². The predicted octanol–water partition coefficient (Wildman–Crippen LogP) is 4.24. The van der Waals surface area contributed by atoms with Gasteiger partial charge in [0.25, 0.3) is 0 Å². The summed E-state index contributed by atoms with van der Waals surface area (Å²) in [5.74, 6) is 5.02. The van der Waals surface area contributed by atoms with Gasteiger partial charge in [0.1, 0.15) is 5.60 Å². The molecule has 7 heteroatoms. The van der Waals surface area contributed by atoms with Crippen molar-refractivity contribution >= 4 is 17.7 Å². The van der Waals surface area contributed by atoms with Crippen LogP contribution < -0.4 is 5.32 Å². The van der Waals surface area contributed by atoms with Gasteiger partial charge in [-0.3, -0.25) is 0 Å². The molecule has 1 amide bonds. The van der Waals surface area contributed by atoms with E-state index < -0.39 is 23.4 Å². The van der Waals surface area contributed by atoms with Crippen LogP contribution in [-0.4, -0.2) is 18.2 Å². The van der Waals surface area contributed by atoms with Gasteiger partial charge >= 0.3 is 12.3 Å². The molecule has 0 unspecified atom stereocenters. The van der Waals surface area contributed by atoms with Crippen molar-refractivity contribution in [3.8, 4) is 11.8 Å². The van der Waals surface area contributed by atoms with Crippen LogP contribution in [0.25, 0.3) is 0 Å². The maximum Gasteiger partial charge on any atom is 0.416 e. The normalized spacial score (nSPS) is 11.4. The fourth-order valence-corrected chi connectivity index (χ4v) is 1.53. The van der Waals surface area contributed by atoms with Gasteiger partial charge < -0.3 is 10.1 Å². The van der Waals surface area contributed by atoms with Crippen LogP contribution >= 0.6 is 11.6 Å². The Balaban J connectivity index is 2.71. The molecule has 0 aliphatic rings. The second-order valence-corrected chi connectivity index (χ2v) is 5.76. The average molecular weight is 334 g/mol. The number of hydrogen-bond acceptors (Lipinski definition) is 2. The Morgan fingerprint density at radius 3 is 2.50 bits per heavy atom. The molecular weight excluding hydrogens is 319 g/mol. The van der Waals surface area contributed by atoms with Crippen LogP contribution in [0.2, 0.25) is 5.02 Å². The highest BCUT2D eigenvalue weighted by atomic mass is 35.5. The van der Waals surface area contributed by atoms with Crippen LogP contribution in [0, 0.1) is 11.8 Å². The van der Waals surface area contributed by atoms with Crippen LogP contribution in [0.5, 0.6) is 0 Å². The first-order chi connectivity index (χ1) is 9.99. The van der Waals surface area contributed by atoms with E-state index in [0.717, 1.165) is 18.2 Å². The zero-order valence-electron chi connectivity index (χ0n) is 12.3. The Labute approximate surface area is 131 Å². The maximum absolute atomic E-state index is 12.6. The first-order valence-corrected chi connectivity index (χ1v) is 6.69. The first-order valence-electron chi connectivity index (χ1n) is 6.31. The molecule has 0 saturated carbocycles. The summed E-state index contributed by atoms with van der Waals surface area (Å²) in [7, 11) is 0. The van der Waals surface area contributed by atoms with E-state index in [4.69, 9.17) is 16.3 Å². The van der Waals surface area contributed by atoms with E-state index >= 15 is 0 Å². The zero-order chi connectivity index (χ0) is 17.0. The average Bonchev–Trinajstić information content (AvgIpc) is 2.33. The Hall–Kier alpha value is -1.87. The number of carbonyl (C=O) groups is 1. The highest BCUT2D eigenvalue weighted by Gasteiger charge is 2.30. The number of hydrogen-bond donors (Lipinski definition) is 1. The van der Waals surface area contributed by atoms with E-state index in [2.05, 4.69) is 17.2 Å². The van der Waals surface area contributed by atoms with Gasteiger partial charge in [-0.05, 0) is 39.0 Å².